The van der Waals surface area contributed by atoms with Crippen LogP contribution in [0.2, 0.25) is 0 Å². The predicted octanol–water partition coefficient (Wildman–Crippen LogP) is 3.41. The molecule has 2 aromatic rings. The molecule has 0 aromatic heterocycles. The van der Waals surface area contributed by atoms with Crippen LogP contribution in [0.1, 0.15) is 11.1 Å². The van der Waals surface area contributed by atoms with Gasteiger partial charge in [-0.25, -0.2) is 13.6 Å². The molecule has 6 nitrogen and oxygen atoms in total. The summed E-state index contributed by atoms with van der Waals surface area (Å²) in [6.07, 6.45) is 1.46. The van der Waals surface area contributed by atoms with E-state index in [9.17, 15) is 23.7 Å². The van der Waals surface area contributed by atoms with Crippen LogP contribution in [0, 0.1) is 21.7 Å². The molecule has 25 heavy (non-hydrogen) atoms. The number of carbonyl (C=O) groups excluding carboxylic acids is 1. The summed E-state index contributed by atoms with van der Waals surface area (Å²) in [6.45, 7) is 0.0166. The molecule has 0 unspecified atom stereocenters. The molecule has 0 N–H and O–H groups in total. The van der Waals surface area contributed by atoms with Crippen molar-refractivity contribution in [2.75, 3.05) is 12.0 Å². The normalized spacial score (nSPS) is 13.1. The van der Waals surface area contributed by atoms with E-state index >= 15 is 0 Å². The number of esters is 1. The number of benzene rings is 2. The zero-order valence-electron chi connectivity index (χ0n) is 13.0. The van der Waals surface area contributed by atoms with Crippen LogP contribution in [0.5, 0.6) is 0 Å². The topological polar surface area (TPSA) is 72.7 Å². The lowest BCUT2D eigenvalue weighted by atomic mass is 10.0. The number of hydrogen-bond acceptors (Lipinski definition) is 5. The Balaban J connectivity index is 2.16. The standard InChI is InChI=1S/C17H12F2N2O4/c1-25-17(22)15-6-10-4-2-3-5-11(10)9-20(15)16-13(18)7-12(21(23)24)8-14(16)19/h2-8H,9H2,1H3. The maximum atomic E-state index is 14.4. The Kier molecular flexibility index (Phi) is 4.18. The third kappa shape index (κ3) is 2.93. The van der Waals surface area contributed by atoms with Gasteiger partial charge in [0.25, 0.3) is 5.69 Å². The van der Waals surface area contributed by atoms with Crippen LogP contribution < -0.4 is 4.90 Å². The second-order valence-corrected chi connectivity index (χ2v) is 5.32. The number of nitro groups is 1. The van der Waals surface area contributed by atoms with Gasteiger partial charge < -0.3 is 9.64 Å². The van der Waals surface area contributed by atoms with Crippen molar-refractivity contribution in [3.63, 3.8) is 0 Å². The van der Waals surface area contributed by atoms with Crippen molar-refractivity contribution < 1.29 is 23.2 Å². The van der Waals surface area contributed by atoms with Crippen LogP contribution in [0.15, 0.2) is 42.1 Å². The number of halogens is 2. The summed E-state index contributed by atoms with van der Waals surface area (Å²) in [7, 11) is 1.16. The zero-order valence-corrected chi connectivity index (χ0v) is 13.0. The lowest BCUT2D eigenvalue weighted by Gasteiger charge is -2.30. The number of methoxy groups -OCH3 is 1. The molecule has 0 atom stereocenters. The van der Waals surface area contributed by atoms with Gasteiger partial charge in [-0.05, 0) is 17.2 Å². The largest absolute Gasteiger partial charge is 0.464 e. The highest BCUT2D eigenvalue weighted by atomic mass is 19.1. The lowest BCUT2D eigenvalue weighted by molar-refractivity contribution is -0.385. The first-order chi connectivity index (χ1) is 11.9. The van der Waals surface area contributed by atoms with Gasteiger partial charge in [-0.2, -0.15) is 0 Å². The fourth-order valence-corrected chi connectivity index (χ4v) is 2.69. The second kappa shape index (κ2) is 6.31. The molecule has 0 radical (unpaired) electrons. The number of hydrogen-bond donors (Lipinski definition) is 0. The summed E-state index contributed by atoms with van der Waals surface area (Å²) < 4.78 is 33.5. The number of non-ortho nitro benzene ring substituents is 1. The van der Waals surface area contributed by atoms with E-state index < -0.39 is 33.9 Å². The Morgan fingerprint density at radius 2 is 1.88 bits per heavy atom. The van der Waals surface area contributed by atoms with Crippen LogP contribution >= 0.6 is 0 Å². The van der Waals surface area contributed by atoms with Gasteiger partial charge in [-0.15, -0.1) is 0 Å². The minimum Gasteiger partial charge on any atom is -0.464 e. The molecular weight excluding hydrogens is 334 g/mol. The molecule has 1 aliphatic rings. The van der Waals surface area contributed by atoms with E-state index in [1.165, 1.54) is 6.08 Å². The van der Waals surface area contributed by atoms with E-state index in [0.29, 0.717) is 12.1 Å². The molecule has 0 spiro atoms. The molecule has 3 rings (SSSR count). The molecular formula is C17H12F2N2O4. The summed E-state index contributed by atoms with van der Waals surface area (Å²) in [5.41, 5.74) is 0.151. The average Bonchev–Trinajstić information content (AvgIpc) is 2.59. The van der Waals surface area contributed by atoms with E-state index in [0.717, 1.165) is 23.1 Å². The summed E-state index contributed by atoms with van der Waals surface area (Å²) in [6, 6.07) is 8.29. The Morgan fingerprint density at radius 3 is 2.48 bits per heavy atom. The Labute approximate surface area is 141 Å². The number of fused-ring (bicyclic) bond motifs is 1. The summed E-state index contributed by atoms with van der Waals surface area (Å²) >= 11 is 0. The highest BCUT2D eigenvalue weighted by Crippen LogP contribution is 2.35. The van der Waals surface area contributed by atoms with Crippen molar-refractivity contribution in [1.29, 1.82) is 0 Å². The van der Waals surface area contributed by atoms with Crippen LogP contribution in [0.25, 0.3) is 6.08 Å². The molecule has 0 bridgehead atoms. The van der Waals surface area contributed by atoms with E-state index in [1.54, 1.807) is 24.3 Å². The van der Waals surface area contributed by atoms with E-state index in [4.69, 9.17) is 4.74 Å². The van der Waals surface area contributed by atoms with E-state index in [1.807, 2.05) is 0 Å². The fourth-order valence-electron chi connectivity index (χ4n) is 2.69. The first-order valence-electron chi connectivity index (χ1n) is 7.21. The molecule has 8 heteroatoms. The van der Waals surface area contributed by atoms with Crippen molar-refractivity contribution in [3.8, 4) is 0 Å². The van der Waals surface area contributed by atoms with Crippen LogP contribution in [-0.4, -0.2) is 18.0 Å². The fraction of sp³-hybridized carbons (Fsp3) is 0.118. The van der Waals surface area contributed by atoms with Gasteiger partial charge in [0.1, 0.15) is 11.4 Å². The Bertz CT molecular complexity index is 888. The monoisotopic (exact) mass is 346 g/mol. The first kappa shape index (κ1) is 16.6. The van der Waals surface area contributed by atoms with Gasteiger partial charge in [0.05, 0.1) is 24.2 Å². The van der Waals surface area contributed by atoms with Gasteiger partial charge in [0.2, 0.25) is 0 Å². The van der Waals surface area contributed by atoms with Crippen molar-refractivity contribution in [3.05, 3.63) is 75.0 Å². The molecule has 0 saturated carbocycles. The van der Waals surface area contributed by atoms with E-state index in [2.05, 4.69) is 0 Å². The van der Waals surface area contributed by atoms with Gasteiger partial charge in [-0.3, -0.25) is 10.1 Å². The Hall–Kier alpha value is -3.29. The lowest BCUT2D eigenvalue weighted by Crippen LogP contribution is -2.32. The smallest absolute Gasteiger partial charge is 0.354 e. The van der Waals surface area contributed by atoms with Gasteiger partial charge in [-0.1, -0.05) is 24.3 Å². The van der Waals surface area contributed by atoms with Gasteiger partial charge in [0.15, 0.2) is 11.6 Å². The quantitative estimate of drug-likeness (QED) is 0.484. The highest BCUT2D eigenvalue weighted by molar-refractivity contribution is 5.99. The first-order valence-corrected chi connectivity index (χ1v) is 7.21. The molecule has 0 fully saturated rings. The van der Waals surface area contributed by atoms with Crippen molar-refractivity contribution >= 4 is 23.4 Å². The number of ether oxygens (including phenoxy) is 1. The number of anilines is 1. The zero-order chi connectivity index (χ0) is 18.1. The molecule has 0 amide bonds. The number of rotatable bonds is 3. The minimum atomic E-state index is -1.14. The summed E-state index contributed by atoms with van der Waals surface area (Å²) in [5, 5.41) is 10.7. The Morgan fingerprint density at radius 1 is 1.24 bits per heavy atom. The molecule has 1 aliphatic heterocycles. The summed E-state index contributed by atoms with van der Waals surface area (Å²) in [5.74, 6) is -3.05. The maximum absolute atomic E-state index is 14.4. The molecule has 0 saturated heterocycles. The SMILES string of the molecule is COC(=O)C1=Cc2ccccc2CN1c1c(F)cc([N+](=O)[O-])cc1F. The molecule has 128 valence electrons. The van der Waals surface area contributed by atoms with Crippen LogP contribution in [0.4, 0.5) is 20.2 Å². The second-order valence-electron chi connectivity index (χ2n) is 5.32. The highest BCUT2D eigenvalue weighted by Gasteiger charge is 2.30. The van der Waals surface area contributed by atoms with Crippen LogP contribution in [-0.2, 0) is 16.1 Å². The summed E-state index contributed by atoms with van der Waals surface area (Å²) in [4.78, 5) is 23.0. The minimum absolute atomic E-state index is 0.0166. The van der Waals surface area contributed by atoms with Crippen LogP contribution in [0.3, 0.4) is 0 Å². The maximum Gasteiger partial charge on any atom is 0.354 e. The third-order valence-corrected chi connectivity index (χ3v) is 3.84. The van der Waals surface area contributed by atoms with Crippen molar-refractivity contribution in [1.82, 2.24) is 0 Å². The van der Waals surface area contributed by atoms with Gasteiger partial charge in [0, 0.05) is 6.54 Å². The number of carbonyl (C=O) groups is 1. The molecule has 2 aromatic carbocycles. The third-order valence-electron chi connectivity index (χ3n) is 3.84. The number of nitro benzene ring substituents is 1. The predicted molar refractivity (Wildman–Crippen MR) is 85.6 cm³/mol. The molecule has 1 heterocycles. The van der Waals surface area contributed by atoms with Crippen molar-refractivity contribution in [2.24, 2.45) is 0 Å². The van der Waals surface area contributed by atoms with E-state index in [-0.39, 0.29) is 12.2 Å². The average molecular weight is 346 g/mol. The molecule has 0 aliphatic carbocycles. The number of nitrogens with zero attached hydrogens (tertiary/aromatic N) is 2. The van der Waals surface area contributed by atoms with Crippen molar-refractivity contribution in [2.45, 2.75) is 6.54 Å². The van der Waals surface area contributed by atoms with Gasteiger partial charge >= 0.3 is 5.97 Å².